The summed E-state index contributed by atoms with van der Waals surface area (Å²) >= 11 is 0. The van der Waals surface area contributed by atoms with Crippen LogP contribution >= 0.6 is 0 Å². The monoisotopic (exact) mass is 319 g/mol. The van der Waals surface area contributed by atoms with E-state index < -0.39 is 0 Å². The van der Waals surface area contributed by atoms with E-state index in [1.807, 2.05) is 0 Å². The van der Waals surface area contributed by atoms with Gasteiger partial charge in [-0.15, -0.1) is 0 Å². The van der Waals surface area contributed by atoms with Gasteiger partial charge in [-0.2, -0.15) is 0 Å². The highest BCUT2D eigenvalue weighted by Crippen LogP contribution is 2.42. The van der Waals surface area contributed by atoms with Gasteiger partial charge < -0.3 is 0 Å². The molecule has 3 aliphatic rings. The Morgan fingerprint density at radius 3 is 2.00 bits per heavy atom. The van der Waals surface area contributed by atoms with Crippen LogP contribution in [0.1, 0.15) is 97.8 Å². The highest BCUT2D eigenvalue weighted by atomic mass is 15.3. The van der Waals surface area contributed by atoms with Crippen molar-refractivity contribution in [2.75, 3.05) is 6.54 Å². The molecule has 6 unspecified atom stereocenters. The van der Waals surface area contributed by atoms with E-state index in [0.29, 0.717) is 0 Å². The summed E-state index contributed by atoms with van der Waals surface area (Å²) in [6.07, 6.45) is 18.0. The highest BCUT2D eigenvalue weighted by molar-refractivity contribution is 5.02. The molecule has 0 bridgehead atoms. The third-order valence-corrected chi connectivity index (χ3v) is 7.69. The van der Waals surface area contributed by atoms with Gasteiger partial charge in [-0.1, -0.05) is 78.1 Å². The summed E-state index contributed by atoms with van der Waals surface area (Å²) in [5.74, 6) is 4.05. The zero-order valence-electron chi connectivity index (χ0n) is 16.1. The molecular formula is C22H41N. The van der Waals surface area contributed by atoms with E-state index in [1.54, 1.807) is 0 Å². The molecule has 2 aliphatic heterocycles. The fourth-order valence-electron chi connectivity index (χ4n) is 5.97. The third kappa shape index (κ3) is 4.53. The molecule has 1 nitrogen and oxygen atoms in total. The van der Waals surface area contributed by atoms with Gasteiger partial charge >= 0.3 is 0 Å². The van der Waals surface area contributed by atoms with E-state index in [0.717, 1.165) is 35.8 Å². The van der Waals surface area contributed by atoms with Crippen LogP contribution in [0.15, 0.2) is 0 Å². The Labute approximate surface area is 145 Å². The van der Waals surface area contributed by atoms with Gasteiger partial charge in [-0.25, -0.2) is 0 Å². The number of nitrogens with zero attached hydrogens (tertiary/aromatic N) is 1. The van der Waals surface area contributed by atoms with Crippen molar-refractivity contribution in [2.45, 2.75) is 110 Å². The molecule has 0 spiro atoms. The van der Waals surface area contributed by atoms with Gasteiger partial charge in [0.2, 0.25) is 0 Å². The largest absolute Gasteiger partial charge is 0.294 e. The number of hydrogen-bond acceptors (Lipinski definition) is 1. The number of fused-ring (bicyclic) bond motifs is 1. The van der Waals surface area contributed by atoms with Crippen molar-refractivity contribution in [2.24, 2.45) is 23.7 Å². The SMILES string of the molecule is CCC1CCC(C)CCCCC(C2CCCC2)CCN2C(C)C12. The highest BCUT2D eigenvalue weighted by Gasteiger charge is 2.47. The Kier molecular flexibility index (Phi) is 6.46. The first kappa shape index (κ1) is 17.8. The molecular weight excluding hydrogens is 278 g/mol. The average Bonchev–Trinajstić information content (AvgIpc) is 2.96. The Hall–Kier alpha value is -0.0400. The van der Waals surface area contributed by atoms with Crippen LogP contribution in [0.2, 0.25) is 0 Å². The van der Waals surface area contributed by atoms with Gasteiger partial charge in [0.05, 0.1) is 0 Å². The summed E-state index contributed by atoms with van der Waals surface area (Å²) in [5, 5.41) is 0. The van der Waals surface area contributed by atoms with E-state index >= 15 is 0 Å². The van der Waals surface area contributed by atoms with Gasteiger partial charge in [0.15, 0.2) is 0 Å². The van der Waals surface area contributed by atoms with Crippen LogP contribution in [0.5, 0.6) is 0 Å². The van der Waals surface area contributed by atoms with E-state index in [4.69, 9.17) is 0 Å². The fraction of sp³-hybridized carbons (Fsp3) is 1.00. The van der Waals surface area contributed by atoms with Crippen LogP contribution in [-0.2, 0) is 0 Å². The summed E-state index contributed by atoms with van der Waals surface area (Å²) in [4.78, 5) is 2.86. The van der Waals surface area contributed by atoms with Crippen LogP contribution in [0, 0.1) is 23.7 Å². The minimum Gasteiger partial charge on any atom is -0.294 e. The normalized spacial score (nSPS) is 44.0. The second-order valence-electron chi connectivity index (χ2n) is 9.20. The molecule has 3 rings (SSSR count). The van der Waals surface area contributed by atoms with Crippen LogP contribution in [0.3, 0.4) is 0 Å². The van der Waals surface area contributed by atoms with Gasteiger partial charge in [0.25, 0.3) is 0 Å². The molecule has 1 aliphatic carbocycles. The molecule has 0 N–H and O–H groups in total. The molecule has 6 atom stereocenters. The maximum atomic E-state index is 2.86. The maximum Gasteiger partial charge on any atom is 0.0280 e. The van der Waals surface area contributed by atoms with Gasteiger partial charge in [-0.05, 0) is 50.0 Å². The first-order chi connectivity index (χ1) is 11.2. The van der Waals surface area contributed by atoms with Crippen molar-refractivity contribution in [3.63, 3.8) is 0 Å². The van der Waals surface area contributed by atoms with E-state index in [2.05, 4.69) is 25.7 Å². The molecule has 0 aromatic rings. The van der Waals surface area contributed by atoms with Gasteiger partial charge in [0, 0.05) is 12.1 Å². The summed E-state index contributed by atoms with van der Waals surface area (Å²) in [5.41, 5.74) is 0. The first-order valence-electron chi connectivity index (χ1n) is 11.0. The topological polar surface area (TPSA) is 3.01 Å². The molecule has 1 heteroatoms. The molecule has 0 aromatic heterocycles. The number of hydrogen-bond donors (Lipinski definition) is 0. The summed E-state index contributed by atoms with van der Waals surface area (Å²) in [6.45, 7) is 8.83. The molecule has 23 heavy (non-hydrogen) atoms. The molecule has 1 saturated carbocycles. The van der Waals surface area contributed by atoms with Crippen molar-refractivity contribution in [1.29, 1.82) is 0 Å². The predicted octanol–water partition coefficient (Wildman–Crippen LogP) is 6.27. The Morgan fingerprint density at radius 1 is 0.739 bits per heavy atom. The van der Waals surface area contributed by atoms with Gasteiger partial charge in [-0.3, -0.25) is 4.90 Å². The maximum absolute atomic E-state index is 2.86. The third-order valence-electron chi connectivity index (χ3n) is 7.69. The minimum atomic E-state index is 0.877. The molecule has 2 saturated heterocycles. The quantitative estimate of drug-likeness (QED) is 0.542. The summed E-state index contributed by atoms with van der Waals surface area (Å²) in [7, 11) is 0. The van der Waals surface area contributed by atoms with Crippen molar-refractivity contribution in [3.05, 3.63) is 0 Å². The van der Waals surface area contributed by atoms with E-state index in [1.165, 1.54) is 83.6 Å². The van der Waals surface area contributed by atoms with Crippen LogP contribution in [0.4, 0.5) is 0 Å². The van der Waals surface area contributed by atoms with Crippen LogP contribution in [-0.4, -0.2) is 23.5 Å². The molecule has 0 radical (unpaired) electrons. The Bertz CT molecular complexity index is 346. The lowest BCUT2D eigenvalue weighted by atomic mass is 9.83. The predicted molar refractivity (Wildman–Crippen MR) is 101 cm³/mol. The summed E-state index contributed by atoms with van der Waals surface area (Å²) < 4.78 is 0. The van der Waals surface area contributed by atoms with Gasteiger partial charge in [0.1, 0.15) is 0 Å². The average molecular weight is 320 g/mol. The zero-order valence-corrected chi connectivity index (χ0v) is 16.1. The molecule has 2 heterocycles. The second kappa shape index (κ2) is 8.37. The van der Waals surface area contributed by atoms with E-state index in [9.17, 15) is 0 Å². The molecule has 134 valence electrons. The van der Waals surface area contributed by atoms with Crippen molar-refractivity contribution in [1.82, 2.24) is 4.90 Å². The Balaban J connectivity index is 1.61. The lowest BCUT2D eigenvalue weighted by molar-refractivity contribution is 0.263. The van der Waals surface area contributed by atoms with E-state index in [-0.39, 0.29) is 0 Å². The second-order valence-corrected chi connectivity index (χ2v) is 9.20. The smallest absolute Gasteiger partial charge is 0.0280 e. The Morgan fingerprint density at radius 2 is 1.35 bits per heavy atom. The lowest BCUT2D eigenvalue weighted by Gasteiger charge is -2.24. The molecule has 3 fully saturated rings. The number of rotatable bonds is 2. The summed E-state index contributed by atoms with van der Waals surface area (Å²) in [6, 6.07) is 1.81. The fourth-order valence-corrected chi connectivity index (χ4v) is 5.97. The zero-order chi connectivity index (χ0) is 16.2. The lowest BCUT2D eigenvalue weighted by Crippen LogP contribution is -2.19. The van der Waals surface area contributed by atoms with Crippen molar-refractivity contribution < 1.29 is 0 Å². The van der Waals surface area contributed by atoms with Crippen LogP contribution < -0.4 is 0 Å². The van der Waals surface area contributed by atoms with Crippen molar-refractivity contribution in [3.8, 4) is 0 Å². The van der Waals surface area contributed by atoms with Crippen LogP contribution in [0.25, 0.3) is 0 Å². The molecule has 0 aromatic carbocycles. The van der Waals surface area contributed by atoms with Crippen molar-refractivity contribution >= 4 is 0 Å². The first-order valence-corrected chi connectivity index (χ1v) is 11.0. The standard InChI is InChI=1S/C22H41N/c1-4-19-14-13-17(2)9-5-6-12-21(20-10-7-8-11-20)15-16-23-18(3)22(19)23/h17-22H,4-16H2,1-3H3. The molecule has 0 amide bonds. The minimum absolute atomic E-state index is 0.877.